The van der Waals surface area contributed by atoms with Crippen LogP contribution >= 0.6 is 0 Å². The summed E-state index contributed by atoms with van der Waals surface area (Å²) in [4.78, 5) is 0. The molecule has 0 saturated heterocycles. The van der Waals surface area contributed by atoms with Gasteiger partial charge in [-0.25, -0.2) is 0 Å². The first-order chi connectivity index (χ1) is 4.55. The molecule has 1 fully saturated rings. The minimum Gasteiger partial charge on any atom is -0.0651 e. The Morgan fingerprint density at radius 1 is 1.20 bits per heavy atom. The van der Waals surface area contributed by atoms with Crippen LogP contribution in [0.5, 0.6) is 0 Å². The van der Waals surface area contributed by atoms with Gasteiger partial charge >= 0.3 is 0 Å². The lowest BCUT2D eigenvalue weighted by atomic mass is 9.61. The lowest BCUT2D eigenvalue weighted by Crippen LogP contribution is -2.35. The van der Waals surface area contributed by atoms with Gasteiger partial charge < -0.3 is 0 Å². The first-order valence-electron chi connectivity index (χ1n) is 4.55. The first kappa shape index (κ1) is 8.10. The highest BCUT2D eigenvalue weighted by Gasteiger charge is 2.37. The van der Waals surface area contributed by atoms with Crippen LogP contribution in [0.4, 0.5) is 0 Å². The molecule has 0 bridgehead atoms. The zero-order chi connectivity index (χ0) is 7.78. The van der Waals surface area contributed by atoms with Gasteiger partial charge in [-0.05, 0) is 30.1 Å². The molecule has 1 aliphatic rings. The summed E-state index contributed by atoms with van der Waals surface area (Å²) in [6.45, 7) is 9.45. The third-order valence-electron chi connectivity index (χ3n) is 3.05. The Labute approximate surface area is 65.0 Å². The summed E-state index contributed by atoms with van der Waals surface area (Å²) in [5.74, 6) is 2.05. The van der Waals surface area contributed by atoms with Crippen molar-refractivity contribution < 1.29 is 0 Å². The molecule has 1 saturated carbocycles. The highest BCUT2D eigenvalue weighted by molar-refractivity contribution is 4.87. The van der Waals surface area contributed by atoms with E-state index in [2.05, 4.69) is 27.7 Å². The van der Waals surface area contributed by atoms with E-state index >= 15 is 0 Å². The summed E-state index contributed by atoms with van der Waals surface area (Å²) in [6, 6.07) is 0. The minimum atomic E-state index is 0.568. The second-order valence-electron chi connectivity index (χ2n) is 4.72. The normalized spacial score (nSPS) is 33.6. The van der Waals surface area contributed by atoms with E-state index in [4.69, 9.17) is 0 Å². The van der Waals surface area contributed by atoms with E-state index in [0.717, 1.165) is 11.8 Å². The van der Waals surface area contributed by atoms with Crippen molar-refractivity contribution in [3.63, 3.8) is 0 Å². The van der Waals surface area contributed by atoms with Gasteiger partial charge in [0.2, 0.25) is 0 Å². The fraction of sp³-hybridized carbons (Fsp3) is 1.00. The molecule has 0 N–H and O–H groups in total. The summed E-state index contributed by atoms with van der Waals surface area (Å²) in [6.07, 6.45) is 4.35. The topological polar surface area (TPSA) is 0 Å². The molecule has 10 heavy (non-hydrogen) atoms. The Balaban J connectivity index is 2.43. The van der Waals surface area contributed by atoms with Gasteiger partial charge in [0, 0.05) is 0 Å². The van der Waals surface area contributed by atoms with Crippen LogP contribution in [0.25, 0.3) is 0 Å². The van der Waals surface area contributed by atoms with Gasteiger partial charge in [-0.2, -0.15) is 0 Å². The molecule has 2 atom stereocenters. The van der Waals surface area contributed by atoms with E-state index in [-0.39, 0.29) is 0 Å². The Bertz CT molecular complexity index is 106. The van der Waals surface area contributed by atoms with Crippen LogP contribution in [0.3, 0.4) is 0 Å². The Kier molecular flexibility index (Phi) is 2.07. The average molecular weight is 140 g/mol. The first-order valence-corrected chi connectivity index (χ1v) is 4.55. The van der Waals surface area contributed by atoms with Gasteiger partial charge in [0.25, 0.3) is 0 Å². The second-order valence-corrected chi connectivity index (χ2v) is 4.72. The minimum absolute atomic E-state index is 0.568. The molecule has 0 spiro atoms. The lowest BCUT2D eigenvalue weighted by Gasteiger charge is -2.45. The average Bonchev–Trinajstić information content (AvgIpc) is 1.57. The summed E-state index contributed by atoms with van der Waals surface area (Å²) in [5.41, 5.74) is 0.568. The van der Waals surface area contributed by atoms with Crippen LogP contribution in [-0.4, -0.2) is 0 Å². The van der Waals surface area contributed by atoms with E-state index in [1.165, 1.54) is 19.3 Å². The molecule has 0 nitrogen and oxygen atoms in total. The van der Waals surface area contributed by atoms with E-state index in [9.17, 15) is 0 Å². The third kappa shape index (κ3) is 1.36. The van der Waals surface area contributed by atoms with Crippen LogP contribution in [0.15, 0.2) is 0 Å². The SMILES string of the molecule is CCC1CCC1C(C)(C)C. The number of rotatable bonds is 1. The highest BCUT2D eigenvalue weighted by Crippen LogP contribution is 2.47. The largest absolute Gasteiger partial charge is 0.0651 e. The molecule has 2 unspecified atom stereocenters. The van der Waals surface area contributed by atoms with E-state index in [0.29, 0.717) is 5.41 Å². The van der Waals surface area contributed by atoms with Gasteiger partial charge in [-0.15, -0.1) is 0 Å². The van der Waals surface area contributed by atoms with Crippen LogP contribution in [-0.2, 0) is 0 Å². The monoisotopic (exact) mass is 140 g/mol. The van der Waals surface area contributed by atoms with Gasteiger partial charge in [0.05, 0.1) is 0 Å². The zero-order valence-electron chi connectivity index (χ0n) is 7.78. The maximum Gasteiger partial charge on any atom is -0.0337 e. The summed E-state index contributed by atoms with van der Waals surface area (Å²) in [5, 5.41) is 0. The number of hydrogen-bond donors (Lipinski definition) is 0. The van der Waals surface area contributed by atoms with Crippen molar-refractivity contribution in [2.45, 2.75) is 47.0 Å². The molecule has 0 aliphatic heterocycles. The molecule has 1 aliphatic carbocycles. The standard InChI is InChI=1S/C10H20/c1-5-8-6-7-9(8)10(2,3)4/h8-9H,5-7H2,1-4H3. The fourth-order valence-electron chi connectivity index (χ4n) is 2.20. The molecule has 0 aromatic carbocycles. The molecule has 0 radical (unpaired) electrons. The number of hydrogen-bond acceptors (Lipinski definition) is 0. The lowest BCUT2D eigenvalue weighted by molar-refractivity contribution is 0.0537. The van der Waals surface area contributed by atoms with Gasteiger partial charge in [-0.1, -0.05) is 34.1 Å². The maximum atomic E-state index is 2.37. The molecule has 0 aromatic rings. The molecule has 1 rings (SSSR count). The fourth-order valence-corrected chi connectivity index (χ4v) is 2.20. The van der Waals surface area contributed by atoms with Crippen molar-refractivity contribution in [2.24, 2.45) is 17.3 Å². The molecule has 0 amide bonds. The van der Waals surface area contributed by atoms with Crippen molar-refractivity contribution in [1.82, 2.24) is 0 Å². The smallest absolute Gasteiger partial charge is 0.0337 e. The third-order valence-corrected chi connectivity index (χ3v) is 3.05. The predicted octanol–water partition coefficient (Wildman–Crippen LogP) is 3.47. The molecule has 0 heteroatoms. The zero-order valence-corrected chi connectivity index (χ0v) is 7.78. The summed E-state index contributed by atoms with van der Waals surface area (Å²) in [7, 11) is 0. The van der Waals surface area contributed by atoms with Crippen LogP contribution in [0, 0.1) is 17.3 Å². The van der Waals surface area contributed by atoms with Crippen LogP contribution in [0.1, 0.15) is 47.0 Å². The summed E-state index contributed by atoms with van der Waals surface area (Å²) < 4.78 is 0. The Hall–Kier alpha value is 0. The van der Waals surface area contributed by atoms with Crippen molar-refractivity contribution in [2.75, 3.05) is 0 Å². The summed E-state index contributed by atoms with van der Waals surface area (Å²) >= 11 is 0. The molecule has 60 valence electrons. The van der Waals surface area contributed by atoms with Crippen LogP contribution < -0.4 is 0 Å². The van der Waals surface area contributed by atoms with Crippen molar-refractivity contribution in [1.29, 1.82) is 0 Å². The van der Waals surface area contributed by atoms with E-state index < -0.39 is 0 Å². The molecule has 0 heterocycles. The van der Waals surface area contributed by atoms with Crippen LogP contribution in [0.2, 0.25) is 0 Å². The highest BCUT2D eigenvalue weighted by atomic mass is 14.4. The van der Waals surface area contributed by atoms with Crippen molar-refractivity contribution in [3.8, 4) is 0 Å². The molecule has 0 aromatic heterocycles. The molecular weight excluding hydrogens is 120 g/mol. The Morgan fingerprint density at radius 3 is 1.90 bits per heavy atom. The van der Waals surface area contributed by atoms with Crippen molar-refractivity contribution in [3.05, 3.63) is 0 Å². The van der Waals surface area contributed by atoms with Gasteiger partial charge in [0.15, 0.2) is 0 Å². The maximum absolute atomic E-state index is 2.37. The Morgan fingerprint density at radius 2 is 1.80 bits per heavy atom. The van der Waals surface area contributed by atoms with E-state index in [1.807, 2.05) is 0 Å². The van der Waals surface area contributed by atoms with Crippen molar-refractivity contribution >= 4 is 0 Å². The predicted molar refractivity (Wildman–Crippen MR) is 46.0 cm³/mol. The van der Waals surface area contributed by atoms with Gasteiger partial charge in [0.1, 0.15) is 0 Å². The molecular formula is C10H20. The quantitative estimate of drug-likeness (QED) is 0.523. The van der Waals surface area contributed by atoms with Gasteiger partial charge in [-0.3, -0.25) is 0 Å². The second kappa shape index (κ2) is 2.56. The van der Waals surface area contributed by atoms with E-state index in [1.54, 1.807) is 0 Å².